The average molecular weight is 210 g/mol. The third-order valence-electron chi connectivity index (χ3n) is 3.12. The van der Waals surface area contributed by atoms with Crippen LogP contribution in [0.2, 0.25) is 0 Å². The summed E-state index contributed by atoms with van der Waals surface area (Å²) in [5.74, 6) is 0. The molecule has 0 atom stereocenters. The van der Waals surface area contributed by atoms with Crippen molar-refractivity contribution in [1.82, 2.24) is 0 Å². The lowest BCUT2D eigenvalue weighted by atomic mass is 9.95. The maximum absolute atomic E-state index is 12.2. The fraction of sp³-hybridized carbons (Fsp3) is 0.143. The van der Waals surface area contributed by atoms with Crippen molar-refractivity contribution in [2.75, 3.05) is 5.06 Å². The highest BCUT2D eigenvalue weighted by atomic mass is 16.5. The zero-order valence-corrected chi connectivity index (χ0v) is 9.10. The molecule has 0 amide bonds. The van der Waals surface area contributed by atoms with Gasteiger partial charge in [0.15, 0.2) is 0 Å². The van der Waals surface area contributed by atoms with E-state index >= 15 is 0 Å². The van der Waals surface area contributed by atoms with Crippen molar-refractivity contribution in [3.05, 3.63) is 64.4 Å². The van der Waals surface area contributed by atoms with Crippen molar-refractivity contribution in [3.8, 4) is 0 Å². The summed E-state index contributed by atoms with van der Waals surface area (Å²) in [4.78, 5) is 0. The minimum absolute atomic E-state index is 0.782. The number of rotatable bonds is 0. The van der Waals surface area contributed by atoms with Crippen LogP contribution in [0, 0.1) is 12.1 Å². The van der Waals surface area contributed by atoms with Crippen molar-refractivity contribution >= 4 is 11.4 Å². The van der Waals surface area contributed by atoms with Gasteiger partial charge in [0.05, 0.1) is 0 Å². The van der Waals surface area contributed by atoms with E-state index in [4.69, 9.17) is 0 Å². The van der Waals surface area contributed by atoms with Gasteiger partial charge in [0.1, 0.15) is 0 Å². The van der Waals surface area contributed by atoms with Crippen molar-refractivity contribution in [2.45, 2.75) is 13.3 Å². The number of para-hydroxylation sites is 2. The summed E-state index contributed by atoms with van der Waals surface area (Å²) in [7, 11) is 0. The molecule has 0 radical (unpaired) electrons. The molecule has 0 aromatic heterocycles. The van der Waals surface area contributed by atoms with Gasteiger partial charge >= 0.3 is 0 Å². The topological polar surface area (TPSA) is 26.3 Å². The lowest BCUT2D eigenvalue weighted by Gasteiger charge is -2.39. The second kappa shape index (κ2) is 3.35. The third kappa shape index (κ3) is 1.24. The van der Waals surface area contributed by atoms with Crippen LogP contribution in [0.1, 0.15) is 16.7 Å². The monoisotopic (exact) mass is 210 g/mol. The number of anilines is 2. The highest BCUT2D eigenvalue weighted by Crippen LogP contribution is 2.39. The van der Waals surface area contributed by atoms with Crippen molar-refractivity contribution in [3.63, 3.8) is 0 Å². The van der Waals surface area contributed by atoms with E-state index in [2.05, 4.69) is 0 Å². The average Bonchev–Trinajstić information content (AvgIpc) is 2.29. The smallest absolute Gasteiger partial charge is 0.0369 e. The maximum atomic E-state index is 12.2. The molecule has 2 nitrogen and oxygen atoms in total. The Kier molecular flexibility index (Phi) is 1.98. The number of hydrogen-bond acceptors (Lipinski definition) is 2. The summed E-state index contributed by atoms with van der Waals surface area (Å²) in [6, 6.07) is 13.8. The SMILES string of the molecule is Cc1cccc2c1N([O-])c1ccccc1C2. The summed E-state index contributed by atoms with van der Waals surface area (Å²) in [5, 5.41) is 13.3. The van der Waals surface area contributed by atoms with E-state index in [0.29, 0.717) is 0 Å². The van der Waals surface area contributed by atoms with E-state index in [-0.39, 0.29) is 0 Å². The van der Waals surface area contributed by atoms with Crippen LogP contribution < -0.4 is 5.06 Å². The first-order valence-corrected chi connectivity index (χ1v) is 5.41. The van der Waals surface area contributed by atoms with Crippen LogP contribution in [0.25, 0.3) is 0 Å². The van der Waals surface area contributed by atoms with Gasteiger partial charge < -0.3 is 10.3 Å². The molecular weight excluding hydrogens is 198 g/mol. The molecule has 2 aromatic carbocycles. The van der Waals surface area contributed by atoms with Crippen LogP contribution in [0.5, 0.6) is 0 Å². The molecule has 1 aliphatic heterocycles. The van der Waals surface area contributed by atoms with Crippen LogP contribution in [0.3, 0.4) is 0 Å². The molecule has 0 aliphatic carbocycles. The molecule has 2 heteroatoms. The fourth-order valence-corrected chi connectivity index (χ4v) is 2.34. The number of aryl methyl sites for hydroxylation is 1. The highest BCUT2D eigenvalue weighted by Gasteiger charge is 2.17. The minimum atomic E-state index is 0.782. The molecule has 0 bridgehead atoms. The second-order valence-electron chi connectivity index (χ2n) is 4.18. The number of hydrogen-bond donors (Lipinski definition) is 0. The van der Waals surface area contributed by atoms with Crippen molar-refractivity contribution in [1.29, 1.82) is 0 Å². The molecule has 1 aliphatic rings. The van der Waals surface area contributed by atoms with E-state index in [1.165, 1.54) is 0 Å². The Morgan fingerprint density at radius 1 is 1.00 bits per heavy atom. The molecule has 1 heterocycles. The molecule has 0 saturated heterocycles. The number of fused-ring (bicyclic) bond motifs is 2. The maximum Gasteiger partial charge on any atom is 0.0369 e. The lowest BCUT2D eigenvalue weighted by Crippen LogP contribution is -2.17. The van der Waals surface area contributed by atoms with Crippen LogP contribution in [-0.2, 0) is 6.42 Å². The molecule has 0 spiro atoms. The molecular formula is C14H12NO-. The highest BCUT2D eigenvalue weighted by molar-refractivity contribution is 5.77. The first kappa shape index (κ1) is 9.43. The number of nitrogens with zero attached hydrogens (tertiary/aromatic N) is 1. The van der Waals surface area contributed by atoms with E-state index < -0.39 is 0 Å². The zero-order valence-electron chi connectivity index (χ0n) is 9.10. The Bertz CT molecular complexity index is 548. The van der Waals surface area contributed by atoms with Gasteiger partial charge in [0.2, 0.25) is 0 Å². The van der Waals surface area contributed by atoms with Gasteiger partial charge in [-0.25, -0.2) is 0 Å². The summed E-state index contributed by atoms with van der Waals surface area (Å²) >= 11 is 0. The van der Waals surface area contributed by atoms with Crippen LogP contribution in [0.4, 0.5) is 11.4 Å². The van der Waals surface area contributed by atoms with Gasteiger partial charge in [-0.1, -0.05) is 36.4 Å². The largest absolute Gasteiger partial charge is 0.754 e. The van der Waals surface area contributed by atoms with Crippen LogP contribution in [-0.4, -0.2) is 0 Å². The summed E-state index contributed by atoms with van der Waals surface area (Å²) in [5.41, 5.74) is 4.87. The lowest BCUT2D eigenvalue weighted by molar-refractivity contribution is 1.07. The molecule has 2 aromatic rings. The Hall–Kier alpha value is -1.80. The van der Waals surface area contributed by atoms with Crippen LogP contribution >= 0.6 is 0 Å². The molecule has 3 rings (SSSR count). The second-order valence-corrected chi connectivity index (χ2v) is 4.18. The first-order chi connectivity index (χ1) is 7.77. The van der Waals surface area contributed by atoms with E-state index in [1.54, 1.807) is 0 Å². The molecule has 0 unspecified atom stereocenters. The fourth-order valence-electron chi connectivity index (χ4n) is 2.34. The third-order valence-corrected chi connectivity index (χ3v) is 3.12. The van der Waals surface area contributed by atoms with Crippen LogP contribution in [0.15, 0.2) is 42.5 Å². The van der Waals surface area contributed by atoms with Gasteiger partial charge in [-0.3, -0.25) is 0 Å². The van der Waals surface area contributed by atoms with Gasteiger partial charge in [0.25, 0.3) is 0 Å². The molecule has 80 valence electrons. The molecule has 0 fully saturated rings. The zero-order chi connectivity index (χ0) is 11.1. The van der Waals surface area contributed by atoms with E-state index in [9.17, 15) is 5.21 Å². The van der Waals surface area contributed by atoms with Crippen molar-refractivity contribution < 1.29 is 0 Å². The van der Waals surface area contributed by atoms with E-state index in [1.807, 2.05) is 49.4 Å². The Labute approximate surface area is 94.7 Å². The molecule has 0 saturated carbocycles. The van der Waals surface area contributed by atoms with Crippen molar-refractivity contribution in [2.24, 2.45) is 0 Å². The van der Waals surface area contributed by atoms with E-state index in [0.717, 1.165) is 39.5 Å². The van der Waals surface area contributed by atoms with Gasteiger partial charge in [0, 0.05) is 17.8 Å². The summed E-state index contributed by atoms with van der Waals surface area (Å²) < 4.78 is 0. The first-order valence-electron chi connectivity index (χ1n) is 5.41. The summed E-state index contributed by atoms with van der Waals surface area (Å²) in [6.07, 6.45) is 0.853. The van der Waals surface area contributed by atoms with Gasteiger partial charge in [-0.15, -0.1) is 0 Å². The predicted octanol–water partition coefficient (Wildman–Crippen LogP) is 3.54. The Morgan fingerprint density at radius 3 is 2.62 bits per heavy atom. The minimum Gasteiger partial charge on any atom is -0.754 e. The quantitative estimate of drug-likeness (QED) is 0.664. The molecule has 16 heavy (non-hydrogen) atoms. The normalized spacial score (nSPS) is 13.2. The number of benzene rings is 2. The predicted molar refractivity (Wildman–Crippen MR) is 65.9 cm³/mol. The summed E-state index contributed by atoms with van der Waals surface area (Å²) in [6.45, 7) is 1.98. The standard InChI is InChI=1S/C14H12NO/c1-10-5-4-7-12-9-11-6-2-3-8-13(11)15(16)14(10)12/h2-8H,9H2,1H3/q-1. The van der Waals surface area contributed by atoms with Gasteiger partial charge in [-0.2, -0.15) is 0 Å². The Balaban J connectivity index is 2.23. The molecule has 0 N–H and O–H groups in total. The Morgan fingerprint density at radius 2 is 1.75 bits per heavy atom. The van der Waals surface area contributed by atoms with Gasteiger partial charge in [-0.05, 0) is 29.7 Å².